The van der Waals surface area contributed by atoms with Gasteiger partial charge in [0.15, 0.2) is 0 Å². The van der Waals surface area contributed by atoms with E-state index in [1.807, 2.05) is 59.4 Å². The molecule has 5 heteroatoms. The zero-order valence-corrected chi connectivity index (χ0v) is 15.5. The van der Waals surface area contributed by atoms with E-state index in [9.17, 15) is 4.79 Å². The first-order valence-corrected chi connectivity index (χ1v) is 9.39. The monoisotopic (exact) mass is 368 g/mol. The number of imidazole rings is 1. The topological polar surface area (TPSA) is 53.9 Å². The maximum absolute atomic E-state index is 12.7. The number of fused-ring (bicyclic) bond motifs is 2. The van der Waals surface area contributed by atoms with Crippen molar-refractivity contribution in [2.75, 3.05) is 4.90 Å². The highest BCUT2D eigenvalue weighted by Gasteiger charge is 2.23. The van der Waals surface area contributed by atoms with Crippen molar-refractivity contribution in [2.24, 2.45) is 0 Å². The summed E-state index contributed by atoms with van der Waals surface area (Å²) in [6.07, 6.45) is 5.81. The van der Waals surface area contributed by atoms with Crippen LogP contribution in [0.5, 0.6) is 0 Å². The van der Waals surface area contributed by atoms with Crippen LogP contribution in [-0.2, 0) is 6.54 Å². The third-order valence-electron chi connectivity index (χ3n) is 5.40. The van der Waals surface area contributed by atoms with Crippen LogP contribution < -0.4 is 10.6 Å². The molecule has 28 heavy (non-hydrogen) atoms. The minimum Gasteiger partial charge on any atom is -0.341 e. The van der Waals surface area contributed by atoms with Gasteiger partial charge in [-0.05, 0) is 42.8 Å². The Kier molecular flexibility index (Phi) is 3.86. The first kappa shape index (κ1) is 16.6. The molecule has 1 unspecified atom stereocenters. The van der Waals surface area contributed by atoms with Gasteiger partial charge in [0.05, 0.1) is 35.2 Å². The lowest BCUT2D eigenvalue weighted by atomic mass is 10.1. The van der Waals surface area contributed by atoms with Gasteiger partial charge in [-0.25, -0.2) is 4.79 Å². The second kappa shape index (κ2) is 6.53. The smallest absolute Gasteiger partial charge is 0.326 e. The minimum absolute atomic E-state index is 0.0452. The Bertz CT molecular complexity index is 1230. The summed E-state index contributed by atoms with van der Waals surface area (Å²) in [4.78, 5) is 22.4. The molecular formula is C23H20N4O. The van der Waals surface area contributed by atoms with Crippen molar-refractivity contribution in [3.05, 3.63) is 100 Å². The molecular weight excluding hydrogens is 348 g/mol. The van der Waals surface area contributed by atoms with Crippen LogP contribution >= 0.6 is 0 Å². The van der Waals surface area contributed by atoms with Gasteiger partial charge in [0.2, 0.25) is 0 Å². The van der Waals surface area contributed by atoms with E-state index in [0.29, 0.717) is 6.54 Å². The summed E-state index contributed by atoms with van der Waals surface area (Å²) in [5.74, 6) is 0. The molecule has 5 nitrogen and oxygen atoms in total. The van der Waals surface area contributed by atoms with Crippen molar-refractivity contribution >= 4 is 22.7 Å². The van der Waals surface area contributed by atoms with Gasteiger partial charge in [0.25, 0.3) is 0 Å². The molecule has 0 amide bonds. The summed E-state index contributed by atoms with van der Waals surface area (Å²) in [7, 11) is 0. The van der Waals surface area contributed by atoms with E-state index in [1.165, 1.54) is 0 Å². The highest BCUT2D eigenvalue weighted by Crippen LogP contribution is 2.31. The predicted octanol–water partition coefficient (Wildman–Crippen LogP) is 4.32. The van der Waals surface area contributed by atoms with Crippen LogP contribution in [0, 0.1) is 0 Å². The molecule has 1 atom stereocenters. The molecule has 5 rings (SSSR count). The number of nitrogens with one attached hydrogen (secondary N) is 1. The van der Waals surface area contributed by atoms with Crippen LogP contribution in [0.4, 0.5) is 5.69 Å². The number of anilines is 1. The molecule has 1 N–H and O–H groups in total. The Labute approximate surface area is 162 Å². The minimum atomic E-state index is -0.0764. The first-order chi connectivity index (χ1) is 13.7. The van der Waals surface area contributed by atoms with Gasteiger partial charge in [-0.2, -0.15) is 0 Å². The number of aromatic amines is 1. The summed E-state index contributed by atoms with van der Waals surface area (Å²) >= 11 is 0. The van der Waals surface area contributed by atoms with Crippen LogP contribution in [0.15, 0.2) is 77.9 Å². The van der Waals surface area contributed by atoms with Gasteiger partial charge in [-0.3, -0.25) is 9.55 Å². The van der Waals surface area contributed by atoms with Gasteiger partial charge in [-0.1, -0.05) is 36.4 Å². The number of rotatable bonds is 3. The molecule has 2 aromatic heterocycles. The summed E-state index contributed by atoms with van der Waals surface area (Å²) in [5.41, 5.74) is 4.95. The lowest BCUT2D eigenvalue weighted by molar-refractivity contribution is 0.586. The lowest BCUT2D eigenvalue weighted by Gasteiger charge is -2.27. The SMILES string of the molecule is CC(c1ccccc1)n1c2c([nH]c1=O)C=CN(c1cccc3ncccc13)C2. The quantitative estimate of drug-likeness (QED) is 0.586. The number of hydrogen-bond donors (Lipinski definition) is 1. The van der Waals surface area contributed by atoms with Crippen molar-refractivity contribution < 1.29 is 0 Å². The van der Waals surface area contributed by atoms with E-state index in [1.54, 1.807) is 0 Å². The van der Waals surface area contributed by atoms with Crippen molar-refractivity contribution in [1.29, 1.82) is 0 Å². The van der Waals surface area contributed by atoms with Crippen LogP contribution in [0.25, 0.3) is 17.0 Å². The third kappa shape index (κ3) is 2.63. The molecule has 0 saturated heterocycles. The number of hydrogen-bond acceptors (Lipinski definition) is 3. The highest BCUT2D eigenvalue weighted by atomic mass is 16.1. The average Bonchev–Trinajstić information content (AvgIpc) is 3.08. The molecule has 3 heterocycles. The molecule has 0 spiro atoms. The molecule has 1 aliphatic heterocycles. The van der Waals surface area contributed by atoms with Crippen molar-refractivity contribution in [2.45, 2.75) is 19.5 Å². The number of nitrogens with zero attached hydrogens (tertiary/aromatic N) is 3. The number of benzene rings is 2. The first-order valence-electron chi connectivity index (χ1n) is 9.39. The normalized spacial score (nSPS) is 14.2. The van der Waals surface area contributed by atoms with Crippen molar-refractivity contribution in [3.63, 3.8) is 0 Å². The Balaban J connectivity index is 1.58. The second-order valence-electron chi connectivity index (χ2n) is 7.04. The molecule has 0 saturated carbocycles. The van der Waals surface area contributed by atoms with Crippen LogP contribution in [-0.4, -0.2) is 14.5 Å². The van der Waals surface area contributed by atoms with Crippen LogP contribution in [0.3, 0.4) is 0 Å². The Hall–Kier alpha value is -3.60. The Morgan fingerprint density at radius 3 is 2.75 bits per heavy atom. The molecule has 0 aliphatic carbocycles. The molecule has 138 valence electrons. The van der Waals surface area contributed by atoms with E-state index in [2.05, 4.69) is 46.1 Å². The zero-order valence-electron chi connectivity index (χ0n) is 15.5. The predicted molar refractivity (Wildman–Crippen MR) is 112 cm³/mol. The lowest BCUT2D eigenvalue weighted by Crippen LogP contribution is -2.27. The van der Waals surface area contributed by atoms with Gasteiger partial charge in [0.1, 0.15) is 0 Å². The number of pyridine rings is 1. The summed E-state index contributed by atoms with van der Waals surface area (Å²) < 4.78 is 1.87. The molecule has 2 aromatic carbocycles. The molecule has 1 aliphatic rings. The van der Waals surface area contributed by atoms with Crippen LogP contribution in [0.1, 0.15) is 29.9 Å². The fraction of sp³-hybridized carbons (Fsp3) is 0.130. The number of aromatic nitrogens is 3. The zero-order chi connectivity index (χ0) is 19.1. The standard InChI is InChI=1S/C23H20N4O/c1-16(17-7-3-2-4-8-17)27-22-15-26(14-12-20(22)25-23(27)28)21-11-5-10-19-18(21)9-6-13-24-19/h2-14,16H,15H2,1H3,(H,25,28). The van der Waals surface area contributed by atoms with Crippen molar-refractivity contribution in [3.8, 4) is 0 Å². The van der Waals surface area contributed by atoms with E-state index >= 15 is 0 Å². The van der Waals surface area contributed by atoms with Crippen molar-refractivity contribution in [1.82, 2.24) is 14.5 Å². The van der Waals surface area contributed by atoms with E-state index < -0.39 is 0 Å². The number of H-pyrrole nitrogens is 1. The summed E-state index contributed by atoms with van der Waals surface area (Å²) in [6.45, 7) is 2.69. The highest BCUT2D eigenvalue weighted by molar-refractivity contribution is 5.92. The average molecular weight is 368 g/mol. The second-order valence-corrected chi connectivity index (χ2v) is 7.04. The van der Waals surface area contributed by atoms with Gasteiger partial charge in [0, 0.05) is 17.8 Å². The van der Waals surface area contributed by atoms with Gasteiger partial charge < -0.3 is 9.88 Å². The Morgan fingerprint density at radius 1 is 1.04 bits per heavy atom. The van der Waals surface area contributed by atoms with Gasteiger partial charge >= 0.3 is 5.69 Å². The molecule has 0 fully saturated rings. The van der Waals surface area contributed by atoms with Gasteiger partial charge in [-0.15, -0.1) is 0 Å². The maximum atomic E-state index is 12.7. The molecule has 4 aromatic rings. The van der Waals surface area contributed by atoms with Crippen LogP contribution in [0.2, 0.25) is 0 Å². The summed E-state index contributed by atoms with van der Waals surface area (Å²) in [6, 6.07) is 20.2. The largest absolute Gasteiger partial charge is 0.341 e. The third-order valence-corrected chi connectivity index (χ3v) is 5.40. The maximum Gasteiger partial charge on any atom is 0.326 e. The van der Waals surface area contributed by atoms with E-state index in [-0.39, 0.29) is 11.7 Å². The fourth-order valence-electron chi connectivity index (χ4n) is 3.97. The molecule has 0 bridgehead atoms. The fourth-order valence-corrected chi connectivity index (χ4v) is 3.97. The van der Waals surface area contributed by atoms with E-state index in [0.717, 1.165) is 33.5 Å². The molecule has 0 radical (unpaired) electrons. The Morgan fingerprint density at radius 2 is 1.89 bits per heavy atom. The summed E-state index contributed by atoms with van der Waals surface area (Å²) in [5, 5.41) is 1.10. The van der Waals surface area contributed by atoms with E-state index in [4.69, 9.17) is 0 Å².